The first-order valence-corrected chi connectivity index (χ1v) is 5.96. The van der Waals surface area contributed by atoms with Crippen molar-refractivity contribution in [1.82, 2.24) is 10.6 Å². The van der Waals surface area contributed by atoms with Gasteiger partial charge in [-0.2, -0.15) is 0 Å². The fourth-order valence-electron chi connectivity index (χ4n) is 2.95. The minimum absolute atomic E-state index is 0.517. The highest BCUT2D eigenvalue weighted by Crippen LogP contribution is 2.46. The Labute approximate surface area is 99.9 Å². The molecule has 0 bridgehead atoms. The minimum Gasteiger partial charge on any atom is -0.383 e. The van der Waals surface area contributed by atoms with E-state index in [0.717, 1.165) is 42.9 Å². The molecule has 0 fully saturated rings. The predicted octanol–water partition coefficient (Wildman–Crippen LogP) is 2.12. The molecular formula is C12H15N5. The number of hydrogen-bond acceptors (Lipinski definition) is 3. The highest BCUT2D eigenvalue weighted by Gasteiger charge is 2.43. The van der Waals surface area contributed by atoms with Gasteiger partial charge in [-0.25, -0.2) is 0 Å². The molecule has 0 spiro atoms. The summed E-state index contributed by atoms with van der Waals surface area (Å²) in [4.78, 5) is 3.04. The van der Waals surface area contributed by atoms with Gasteiger partial charge in [0.05, 0.1) is 16.9 Å². The van der Waals surface area contributed by atoms with E-state index in [2.05, 4.69) is 32.8 Å². The van der Waals surface area contributed by atoms with Crippen molar-refractivity contribution in [3.63, 3.8) is 0 Å². The van der Waals surface area contributed by atoms with Crippen LogP contribution in [0.25, 0.3) is 10.4 Å². The second kappa shape index (κ2) is 3.57. The maximum Gasteiger partial charge on any atom is 0.0963 e. The standard InChI is InChI=1S/C12H15N5/c1-12(16-17-13)8-4-2-6-14-10(8)11-9(12)5-3-7-15-11/h2,4,14-15H,3,5-7H2,1H3. The van der Waals surface area contributed by atoms with Gasteiger partial charge >= 0.3 is 0 Å². The molecule has 2 heterocycles. The first kappa shape index (κ1) is 10.3. The highest BCUT2D eigenvalue weighted by molar-refractivity contribution is 5.61. The number of hydrogen-bond donors (Lipinski definition) is 2. The minimum atomic E-state index is -0.517. The van der Waals surface area contributed by atoms with Crippen LogP contribution in [0.1, 0.15) is 19.8 Å². The first-order valence-electron chi connectivity index (χ1n) is 5.96. The Morgan fingerprint density at radius 1 is 1.41 bits per heavy atom. The monoisotopic (exact) mass is 229 g/mol. The van der Waals surface area contributed by atoms with Gasteiger partial charge in [-0.1, -0.05) is 17.3 Å². The average Bonchev–Trinajstić information content (AvgIpc) is 2.62. The van der Waals surface area contributed by atoms with Crippen LogP contribution in [0.5, 0.6) is 0 Å². The zero-order valence-corrected chi connectivity index (χ0v) is 9.82. The van der Waals surface area contributed by atoms with E-state index in [1.807, 2.05) is 6.92 Å². The van der Waals surface area contributed by atoms with Gasteiger partial charge in [-0.15, -0.1) is 0 Å². The topological polar surface area (TPSA) is 72.8 Å². The molecule has 0 saturated heterocycles. The average molecular weight is 229 g/mol. The number of nitrogens with zero attached hydrogens (tertiary/aromatic N) is 3. The third-order valence-electron chi connectivity index (χ3n) is 3.76. The van der Waals surface area contributed by atoms with Gasteiger partial charge < -0.3 is 10.6 Å². The maximum absolute atomic E-state index is 8.82. The van der Waals surface area contributed by atoms with Crippen molar-refractivity contribution in [3.05, 3.63) is 45.1 Å². The van der Waals surface area contributed by atoms with Crippen molar-refractivity contribution >= 4 is 0 Å². The summed E-state index contributed by atoms with van der Waals surface area (Å²) < 4.78 is 0. The number of dihydropyridines is 1. The number of azide groups is 1. The van der Waals surface area contributed by atoms with Crippen LogP contribution in [0, 0.1) is 0 Å². The van der Waals surface area contributed by atoms with Gasteiger partial charge in [0.1, 0.15) is 0 Å². The second-order valence-electron chi connectivity index (χ2n) is 4.72. The molecule has 5 heteroatoms. The molecule has 0 amide bonds. The molecule has 5 nitrogen and oxygen atoms in total. The molecule has 0 radical (unpaired) electrons. The van der Waals surface area contributed by atoms with Crippen molar-refractivity contribution in [1.29, 1.82) is 0 Å². The van der Waals surface area contributed by atoms with E-state index in [4.69, 9.17) is 5.53 Å². The smallest absolute Gasteiger partial charge is 0.0963 e. The third-order valence-corrected chi connectivity index (χ3v) is 3.76. The van der Waals surface area contributed by atoms with E-state index >= 15 is 0 Å². The van der Waals surface area contributed by atoms with Crippen molar-refractivity contribution in [2.45, 2.75) is 25.3 Å². The van der Waals surface area contributed by atoms with Gasteiger partial charge in [-0.05, 0) is 36.4 Å². The number of fused-ring (bicyclic) bond motifs is 1. The van der Waals surface area contributed by atoms with E-state index in [9.17, 15) is 0 Å². The summed E-state index contributed by atoms with van der Waals surface area (Å²) in [6.07, 6.45) is 6.25. The Morgan fingerprint density at radius 3 is 3.12 bits per heavy atom. The summed E-state index contributed by atoms with van der Waals surface area (Å²) >= 11 is 0. The Kier molecular flexibility index (Phi) is 2.16. The Balaban J connectivity index is 2.19. The lowest BCUT2D eigenvalue weighted by atomic mass is 9.85. The van der Waals surface area contributed by atoms with Crippen LogP contribution in [-0.4, -0.2) is 18.6 Å². The molecular weight excluding hydrogens is 214 g/mol. The SMILES string of the molecule is CC1(N=[N+]=[N-])C2=C(NCC=C2)C2=C1CCCN2. The number of rotatable bonds is 1. The van der Waals surface area contributed by atoms with Gasteiger partial charge in [0, 0.05) is 18.0 Å². The van der Waals surface area contributed by atoms with Crippen LogP contribution in [0.3, 0.4) is 0 Å². The van der Waals surface area contributed by atoms with Crippen LogP contribution < -0.4 is 10.6 Å². The van der Waals surface area contributed by atoms with Crippen LogP contribution in [0.4, 0.5) is 0 Å². The Bertz CT molecular complexity index is 507. The fraction of sp³-hybridized carbons (Fsp3) is 0.500. The summed E-state index contributed by atoms with van der Waals surface area (Å²) in [5, 5.41) is 10.9. The van der Waals surface area contributed by atoms with Crippen LogP contribution in [0.15, 0.2) is 39.8 Å². The van der Waals surface area contributed by atoms with Gasteiger partial charge in [0.25, 0.3) is 0 Å². The van der Waals surface area contributed by atoms with Crippen molar-refractivity contribution in [3.8, 4) is 0 Å². The summed E-state index contributed by atoms with van der Waals surface area (Å²) in [6.45, 7) is 3.84. The van der Waals surface area contributed by atoms with Crippen LogP contribution >= 0.6 is 0 Å². The molecule has 0 saturated carbocycles. The van der Waals surface area contributed by atoms with Gasteiger partial charge in [0.2, 0.25) is 0 Å². The Hall–Kier alpha value is -1.87. The molecule has 17 heavy (non-hydrogen) atoms. The zero-order valence-electron chi connectivity index (χ0n) is 9.82. The van der Waals surface area contributed by atoms with Crippen molar-refractivity contribution < 1.29 is 0 Å². The van der Waals surface area contributed by atoms with E-state index in [0.29, 0.717) is 0 Å². The first-order chi connectivity index (χ1) is 8.27. The van der Waals surface area contributed by atoms with E-state index in [-0.39, 0.29) is 0 Å². The van der Waals surface area contributed by atoms with E-state index < -0.39 is 5.54 Å². The van der Waals surface area contributed by atoms with Crippen LogP contribution in [-0.2, 0) is 0 Å². The number of nitrogens with one attached hydrogen (secondary N) is 2. The fourth-order valence-corrected chi connectivity index (χ4v) is 2.95. The lowest BCUT2D eigenvalue weighted by molar-refractivity contribution is 0.576. The predicted molar refractivity (Wildman–Crippen MR) is 66.0 cm³/mol. The molecule has 3 aliphatic rings. The molecule has 0 aromatic rings. The van der Waals surface area contributed by atoms with Gasteiger partial charge in [-0.3, -0.25) is 0 Å². The summed E-state index contributed by atoms with van der Waals surface area (Å²) in [7, 11) is 0. The molecule has 2 N–H and O–H groups in total. The normalized spacial score (nSPS) is 30.2. The maximum atomic E-state index is 8.82. The lowest BCUT2D eigenvalue weighted by Gasteiger charge is -2.27. The second-order valence-corrected chi connectivity index (χ2v) is 4.72. The zero-order chi connectivity index (χ0) is 11.9. The molecule has 88 valence electrons. The molecule has 1 atom stereocenters. The van der Waals surface area contributed by atoms with Crippen LogP contribution in [0.2, 0.25) is 0 Å². The summed E-state index contributed by atoms with van der Waals surface area (Å²) in [5.41, 5.74) is 12.9. The molecule has 0 aromatic carbocycles. The van der Waals surface area contributed by atoms with E-state index in [1.54, 1.807) is 0 Å². The molecule has 1 aliphatic carbocycles. The van der Waals surface area contributed by atoms with Crippen molar-refractivity contribution in [2.75, 3.05) is 13.1 Å². The summed E-state index contributed by atoms with van der Waals surface area (Å²) in [6, 6.07) is 0. The molecule has 2 aliphatic heterocycles. The molecule has 0 aromatic heterocycles. The lowest BCUT2D eigenvalue weighted by Crippen LogP contribution is -2.29. The highest BCUT2D eigenvalue weighted by atomic mass is 15.2. The molecule has 3 rings (SSSR count). The molecule has 1 unspecified atom stereocenters. The summed E-state index contributed by atoms with van der Waals surface area (Å²) in [5.74, 6) is 0. The quantitative estimate of drug-likeness (QED) is 0.410. The van der Waals surface area contributed by atoms with Crippen molar-refractivity contribution in [2.24, 2.45) is 5.11 Å². The van der Waals surface area contributed by atoms with Gasteiger partial charge in [0.15, 0.2) is 0 Å². The largest absolute Gasteiger partial charge is 0.383 e. The third kappa shape index (κ3) is 1.29. The van der Waals surface area contributed by atoms with E-state index in [1.165, 1.54) is 5.57 Å². The Morgan fingerprint density at radius 2 is 2.29 bits per heavy atom.